The maximum atomic E-state index is 13.3. The Labute approximate surface area is 234 Å². The summed E-state index contributed by atoms with van der Waals surface area (Å²) in [4.78, 5) is 12.8. The molecule has 0 saturated carbocycles. The van der Waals surface area contributed by atoms with Crippen molar-refractivity contribution >= 4 is 67.1 Å². The second-order valence-electron chi connectivity index (χ2n) is 8.31. The molecule has 9 nitrogen and oxygen atoms in total. The van der Waals surface area contributed by atoms with Crippen molar-refractivity contribution in [2.24, 2.45) is 10.2 Å². The molecule has 0 radical (unpaired) electrons. The second kappa shape index (κ2) is 11.6. The third-order valence-corrected chi connectivity index (χ3v) is 7.33. The Kier molecular flexibility index (Phi) is 8.41. The van der Waals surface area contributed by atoms with Crippen LogP contribution in [0.2, 0.25) is 10.0 Å². The van der Waals surface area contributed by atoms with E-state index in [-0.39, 0.29) is 22.0 Å². The number of amides is 1. The minimum atomic E-state index is -4.62. The number of aryl methyl sites for hydroxylation is 1. The molecular formula is C27H23Cl2N3O6S. The molecule has 0 aliphatic carbocycles. The number of ether oxygens (including phenoxy) is 1. The molecule has 1 amide bonds. The van der Waals surface area contributed by atoms with E-state index in [4.69, 9.17) is 27.9 Å². The van der Waals surface area contributed by atoms with Crippen LogP contribution in [-0.4, -0.2) is 30.6 Å². The number of aromatic hydroxyl groups is 1. The van der Waals surface area contributed by atoms with Crippen LogP contribution in [0, 0.1) is 0 Å². The lowest BCUT2D eigenvalue weighted by atomic mass is 10.0. The van der Waals surface area contributed by atoms with Gasteiger partial charge in [-0.1, -0.05) is 54.4 Å². The number of phenolic OH excluding ortho intramolecular Hbond substituents is 1. The minimum Gasteiger partial charge on any atom is -0.505 e. The molecule has 4 aromatic rings. The first-order chi connectivity index (χ1) is 18.5. The van der Waals surface area contributed by atoms with E-state index < -0.39 is 26.7 Å². The van der Waals surface area contributed by atoms with Crippen molar-refractivity contribution in [1.29, 1.82) is 0 Å². The third kappa shape index (κ3) is 6.15. The minimum absolute atomic E-state index is 0.0141. The number of carbonyl (C=O) groups is 1. The predicted octanol–water partition coefficient (Wildman–Crippen LogP) is 7.73. The van der Waals surface area contributed by atoms with Gasteiger partial charge in [0, 0.05) is 10.4 Å². The molecule has 0 spiro atoms. The molecular weight excluding hydrogens is 565 g/mol. The van der Waals surface area contributed by atoms with Gasteiger partial charge in [0.15, 0.2) is 5.75 Å². The number of azo groups is 1. The zero-order valence-electron chi connectivity index (χ0n) is 20.8. The zero-order valence-corrected chi connectivity index (χ0v) is 23.1. The molecule has 0 atom stereocenters. The van der Waals surface area contributed by atoms with Gasteiger partial charge in [-0.25, -0.2) is 0 Å². The van der Waals surface area contributed by atoms with Crippen molar-refractivity contribution in [3.05, 3.63) is 81.8 Å². The SMILES string of the molecule is CCOc1ccc(Cl)cc1NC(=O)c1cc2ccccc2c(N=Nc2cc(S(=O)(=O)O)c(Cl)cc2CC)c1O. The second-order valence-corrected chi connectivity index (χ2v) is 10.5. The highest BCUT2D eigenvalue weighted by Gasteiger charge is 2.21. The molecule has 3 N–H and O–H groups in total. The molecule has 0 aliphatic heterocycles. The lowest BCUT2D eigenvalue weighted by molar-refractivity contribution is 0.102. The van der Waals surface area contributed by atoms with Crippen LogP contribution in [0.15, 0.2) is 75.8 Å². The molecule has 39 heavy (non-hydrogen) atoms. The van der Waals surface area contributed by atoms with E-state index >= 15 is 0 Å². The maximum absolute atomic E-state index is 13.3. The fourth-order valence-corrected chi connectivity index (χ4v) is 5.14. The van der Waals surface area contributed by atoms with Crippen LogP contribution in [0.1, 0.15) is 29.8 Å². The molecule has 0 fully saturated rings. The molecule has 12 heteroatoms. The number of hydrogen-bond donors (Lipinski definition) is 3. The number of benzene rings is 4. The summed E-state index contributed by atoms with van der Waals surface area (Å²) >= 11 is 12.1. The van der Waals surface area contributed by atoms with Crippen molar-refractivity contribution in [1.82, 2.24) is 0 Å². The Morgan fingerprint density at radius 2 is 1.77 bits per heavy atom. The predicted molar refractivity (Wildman–Crippen MR) is 151 cm³/mol. The number of anilines is 1. The highest BCUT2D eigenvalue weighted by Crippen LogP contribution is 2.41. The Hall–Kier alpha value is -3.70. The lowest BCUT2D eigenvalue weighted by Gasteiger charge is -2.14. The number of halogens is 2. The van der Waals surface area contributed by atoms with Gasteiger partial charge in [-0.15, -0.1) is 5.11 Å². The van der Waals surface area contributed by atoms with Crippen molar-refractivity contribution in [2.75, 3.05) is 11.9 Å². The van der Waals surface area contributed by atoms with Crippen molar-refractivity contribution < 1.29 is 27.6 Å². The summed E-state index contributed by atoms with van der Waals surface area (Å²) in [7, 11) is -4.62. The summed E-state index contributed by atoms with van der Waals surface area (Å²) in [6, 6.07) is 15.7. The highest BCUT2D eigenvalue weighted by atomic mass is 35.5. The van der Waals surface area contributed by atoms with Gasteiger partial charge in [0.05, 0.1) is 28.6 Å². The van der Waals surface area contributed by atoms with E-state index in [0.29, 0.717) is 45.8 Å². The molecule has 0 bridgehead atoms. The number of phenols is 1. The summed E-state index contributed by atoms with van der Waals surface area (Å²) in [5.41, 5.74) is 0.887. The molecule has 0 saturated heterocycles. The number of rotatable bonds is 8. The van der Waals surface area contributed by atoms with Crippen LogP contribution in [0.25, 0.3) is 10.8 Å². The van der Waals surface area contributed by atoms with Gasteiger partial charge in [-0.3, -0.25) is 9.35 Å². The van der Waals surface area contributed by atoms with E-state index in [0.717, 1.165) is 6.07 Å². The van der Waals surface area contributed by atoms with Gasteiger partial charge in [-0.05, 0) is 60.7 Å². The number of hydrogen-bond acceptors (Lipinski definition) is 7. The first kappa shape index (κ1) is 28.3. The molecule has 0 aliphatic rings. The molecule has 0 unspecified atom stereocenters. The lowest BCUT2D eigenvalue weighted by Crippen LogP contribution is -2.13. The molecule has 4 aromatic carbocycles. The highest BCUT2D eigenvalue weighted by molar-refractivity contribution is 7.86. The summed E-state index contributed by atoms with van der Waals surface area (Å²) in [5, 5.41) is 23.6. The first-order valence-corrected chi connectivity index (χ1v) is 13.9. The van der Waals surface area contributed by atoms with E-state index in [1.807, 2.05) is 6.92 Å². The largest absolute Gasteiger partial charge is 0.505 e. The van der Waals surface area contributed by atoms with Crippen molar-refractivity contribution in [2.45, 2.75) is 25.2 Å². The Balaban J connectivity index is 1.83. The first-order valence-electron chi connectivity index (χ1n) is 11.7. The van der Waals surface area contributed by atoms with E-state index in [2.05, 4.69) is 15.5 Å². The van der Waals surface area contributed by atoms with Gasteiger partial charge in [0.2, 0.25) is 0 Å². The summed E-state index contributed by atoms with van der Waals surface area (Å²) < 4.78 is 38.6. The van der Waals surface area contributed by atoms with E-state index in [1.165, 1.54) is 18.2 Å². The Morgan fingerprint density at radius 1 is 1.03 bits per heavy atom. The fraction of sp³-hybridized carbons (Fsp3) is 0.148. The van der Waals surface area contributed by atoms with Crippen LogP contribution >= 0.6 is 23.2 Å². The number of nitrogens with one attached hydrogen (secondary N) is 1. The standard InChI is InChI=1S/C27H23Cl2N3O6S/c1-3-15-12-20(29)24(39(35,36)37)14-21(15)31-32-25-18-8-6-5-7-16(18)11-19(26(25)33)27(34)30-22-13-17(28)9-10-23(22)38-4-2/h5-14,33H,3-4H2,1-2H3,(H,30,34)(H,35,36,37). The summed E-state index contributed by atoms with van der Waals surface area (Å²) in [5.74, 6) is -0.691. The third-order valence-electron chi connectivity index (χ3n) is 5.78. The molecule has 202 valence electrons. The maximum Gasteiger partial charge on any atom is 0.296 e. The van der Waals surface area contributed by atoms with Gasteiger partial charge < -0.3 is 15.2 Å². The monoisotopic (exact) mass is 587 g/mol. The summed E-state index contributed by atoms with van der Waals surface area (Å²) in [6.45, 7) is 3.97. The van der Waals surface area contributed by atoms with E-state index in [9.17, 15) is 22.9 Å². The number of carbonyl (C=O) groups excluding carboxylic acids is 1. The van der Waals surface area contributed by atoms with Crippen molar-refractivity contribution in [3.8, 4) is 11.5 Å². The molecule has 4 rings (SSSR count). The number of fused-ring (bicyclic) bond motifs is 1. The van der Waals surface area contributed by atoms with Gasteiger partial charge in [-0.2, -0.15) is 13.5 Å². The average molecular weight is 588 g/mol. The smallest absolute Gasteiger partial charge is 0.296 e. The average Bonchev–Trinajstić information content (AvgIpc) is 2.89. The Bertz CT molecular complexity index is 1720. The van der Waals surface area contributed by atoms with Crippen molar-refractivity contribution in [3.63, 3.8) is 0 Å². The fourth-order valence-electron chi connectivity index (χ4n) is 3.92. The normalized spacial score (nSPS) is 11.7. The Morgan fingerprint density at radius 3 is 2.46 bits per heavy atom. The number of nitrogens with zero attached hydrogens (tertiary/aromatic N) is 2. The zero-order chi connectivity index (χ0) is 28.3. The molecule has 0 aromatic heterocycles. The van der Waals surface area contributed by atoms with Crippen LogP contribution in [0.3, 0.4) is 0 Å². The quantitative estimate of drug-likeness (QED) is 0.142. The topological polar surface area (TPSA) is 138 Å². The van der Waals surface area contributed by atoms with Gasteiger partial charge in [0.1, 0.15) is 16.3 Å². The van der Waals surface area contributed by atoms with Gasteiger partial charge >= 0.3 is 0 Å². The van der Waals surface area contributed by atoms with Crippen LogP contribution in [-0.2, 0) is 16.5 Å². The van der Waals surface area contributed by atoms with Crippen LogP contribution in [0.4, 0.5) is 17.1 Å². The molecule has 0 heterocycles. The van der Waals surface area contributed by atoms with E-state index in [1.54, 1.807) is 43.3 Å². The van der Waals surface area contributed by atoms with Crippen LogP contribution < -0.4 is 10.1 Å². The van der Waals surface area contributed by atoms with Gasteiger partial charge in [0.25, 0.3) is 16.0 Å². The summed E-state index contributed by atoms with van der Waals surface area (Å²) in [6.07, 6.45) is 0.427. The van der Waals surface area contributed by atoms with Crippen LogP contribution in [0.5, 0.6) is 11.5 Å².